The van der Waals surface area contributed by atoms with Crippen LogP contribution in [0, 0.1) is 0 Å². The molecular formula is C21H22N4O4S2. The molecule has 31 heavy (non-hydrogen) atoms. The highest BCUT2D eigenvalue weighted by Gasteiger charge is 2.25. The number of hydrogen-bond acceptors (Lipinski definition) is 7. The second-order valence-corrected chi connectivity index (χ2v) is 9.47. The second kappa shape index (κ2) is 8.94. The third-order valence-corrected chi connectivity index (χ3v) is 7.24. The Hall–Kier alpha value is -3.11. The van der Waals surface area contributed by atoms with Gasteiger partial charge in [0.05, 0.1) is 12.0 Å². The molecule has 10 heteroatoms. The van der Waals surface area contributed by atoms with Crippen LogP contribution in [-0.4, -0.2) is 57.5 Å². The van der Waals surface area contributed by atoms with Crippen LogP contribution in [-0.2, 0) is 10.0 Å². The summed E-state index contributed by atoms with van der Waals surface area (Å²) in [6, 6.07) is 15.9. The molecule has 8 nitrogen and oxygen atoms in total. The molecule has 2 heterocycles. The minimum absolute atomic E-state index is 0.146. The summed E-state index contributed by atoms with van der Waals surface area (Å²) in [5.41, 5.74) is 1.33. The van der Waals surface area contributed by atoms with Gasteiger partial charge in [0, 0.05) is 37.2 Å². The fraction of sp³-hybridized carbons (Fsp3) is 0.238. The van der Waals surface area contributed by atoms with Crippen LogP contribution in [0.5, 0.6) is 5.75 Å². The summed E-state index contributed by atoms with van der Waals surface area (Å²) in [6.07, 6.45) is 0. The third-order valence-electron chi connectivity index (χ3n) is 5.00. The molecule has 0 atom stereocenters. The molecule has 1 aliphatic heterocycles. The Bertz CT molecular complexity index is 1140. The minimum atomic E-state index is -3.74. The van der Waals surface area contributed by atoms with Gasteiger partial charge in [0.2, 0.25) is 0 Å². The van der Waals surface area contributed by atoms with Gasteiger partial charge in [-0.05, 0) is 36.4 Å². The number of amides is 1. The van der Waals surface area contributed by atoms with E-state index in [-0.39, 0.29) is 21.6 Å². The largest absolute Gasteiger partial charge is 0.497 e. The smallest absolute Gasteiger partial charge is 0.273 e. The number of ether oxygens (including phenoxy) is 1. The number of rotatable bonds is 6. The minimum Gasteiger partial charge on any atom is -0.497 e. The van der Waals surface area contributed by atoms with Crippen molar-refractivity contribution in [2.45, 2.75) is 4.90 Å². The van der Waals surface area contributed by atoms with E-state index in [0.717, 1.165) is 22.8 Å². The van der Waals surface area contributed by atoms with Crippen LogP contribution < -0.4 is 14.4 Å². The number of nitrogens with one attached hydrogen (secondary N) is 1. The highest BCUT2D eigenvalue weighted by atomic mass is 32.2. The van der Waals surface area contributed by atoms with Crippen molar-refractivity contribution in [3.63, 3.8) is 0 Å². The Morgan fingerprint density at radius 2 is 1.71 bits per heavy atom. The van der Waals surface area contributed by atoms with Gasteiger partial charge in [-0.25, -0.2) is 13.4 Å². The van der Waals surface area contributed by atoms with Crippen LogP contribution in [0.1, 0.15) is 10.5 Å². The van der Waals surface area contributed by atoms with Crippen LogP contribution in [0.25, 0.3) is 0 Å². The van der Waals surface area contributed by atoms with Gasteiger partial charge >= 0.3 is 0 Å². The van der Waals surface area contributed by atoms with E-state index in [1.165, 1.54) is 12.1 Å². The van der Waals surface area contributed by atoms with Gasteiger partial charge in [-0.3, -0.25) is 9.52 Å². The number of thiazole rings is 1. The second-order valence-electron chi connectivity index (χ2n) is 6.93. The van der Waals surface area contributed by atoms with E-state index in [1.807, 2.05) is 24.3 Å². The highest BCUT2D eigenvalue weighted by Crippen LogP contribution is 2.23. The first-order valence-corrected chi connectivity index (χ1v) is 12.0. The van der Waals surface area contributed by atoms with Crippen molar-refractivity contribution < 1.29 is 17.9 Å². The van der Waals surface area contributed by atoms with Crippen molar-refractivity contribution in [3.8, 4) is 5.75 Å². The molecule has 0 aliphatic carbocycles. The average molecular weight is 459 g/mol. The number of carbonyl (C=O) groups is 1. The summed E-state index contributed by atoms with van der Waals surface area (Å²) >= 11 is 1.09. The molecule has 4 rings (SSSR count). The molecule has 1 aliphatic rings. The van der Waals surface area contributed by atoms with Gasteiger partial charge in [0.25, 0.3) is 15.9 Å². The molecule has 0 unspecified atom stereocenters. The number of nitrogens with zero attached hydrogens (tertiary/aromatic N) is 3. The Morgan fingerprint density at radius 3 is 2.35 bits per heavy atom. The Morgan fingerprint density at radius 1 is 1.03 bits per heavy atom. The van der Waals surface area contributed by atoms with E-state index in [2.05, 4.69) is 14.6 Å². The molecule has 0 spiro atoms. The van der Waals surface area contributed by atoms with Crippen LogP contribution in [0.4, 0.5) is 10.8 Å². The van der Waals surface area contributed by atoms with Crippen molar-refractivity contribution in [1.29, 1.82) is 0 Å². The molecule has 2 aromatic carbocycles. The molecule has 1 aromatic heterocycles. The molecule has 0 bridgehead atoms. The lowest BCUT2D eigenvalue weighted by molar-refractivity contribution is 0.0742. The van der Waals surface area contributed by atoms with Gasteiger partial charge in [0.1, 0.15) is 11.4 Å². The normalized spacial score (nSPS) is 14.4. The number of hydrogen-bond donors (Lipinski definition) is 1. The zero-order valence-corrected chi connectivity index (χ0v) is 18.5. The maximum Gasteiger partial charge on any atom is 0.273 e. The van der Waals surface area contributed by atoms with Crippen molar-refractivity contribution in [1.82, 2.24) is 9.88 Å². The number of piperazine rings is 1. The number of sulfonamides is 1. The van der Waals surface area contributed by atoms with Gasteiger partial charge < -0.3 is 14.5 Å². The van der Waals surface area contributed by atoms with Crippen molar-refractivity contribution >= 4 is 38.1 Å². The number of carbonyl (C=O) groups excluding carboxylic acids is 1. The van der Waals surface area contributed by atoms with Gasteiger partial charge in [-0.15, -0.1) is 11.3 Å². The zero-order valence-electron chi connectivity index (χ0n) is 16.9. The summed E-state index contributed by atoms with van der Waals surface area (Å²) in [5, 5.41) is 1.75. The SMILES string of the molecule is COc1ccc(N2CCN(C(=O)c3csc(NS(=O)(=O)c4ccccc4)n3)CC2)cc1. The zero-order chi connectivity index (χ0) is 21.8. The summed E-state index contributed by atoms with van der Waals surface area (Å²) < 4.78 is 32.5. The van der Waals surface area contributed by atoms with Crippen LogP contribution >= 0.6 is 11.3 Å². The Labute approximate surface area is 185 Å². The van der Waals surface area contributed by atoms with E-state index in [1.54, 1.807) is 35.6 Å². The van der Waals surface area contributed by atoms with E-state index in [9.17, 15) is 13.2 Å². The summed E-state index contributed by atoms with van der Waals surface area (Å²) in [4.78, 5) is 21.1. The fourth-order valence-corrected chi connectivity index (χ4v) is 5.27. The monoisotopic (exact) mass is 458 g/mol. The quantitative estimate of drug-likeness (QED) is 0.611. The molecular weight excluding hydrogens is 436 g/mol. The molecule has 1 amide bonds. The van der Waals surface area contributed by atoms with E-state index < -0.39 is 10.0 Å². The lowest BCUT2D eigenvalue weighted by Crippen LogP contribution is -2.48. The lowest BCUT2D eigenvalue weighted by Gasteiger charge is -2.35. The molecule has 1 N–H and O–H groups in total. The Balaban J connectivity index is 1.37. The van der Waals surface area contributed by atoms with Crippen molar-refractivity contribution in [2.24, 2.45) is 0 Å². The number of benzene rings is 2. The van der Waals surface area contributed by atoms with E-state index in [4.69, 9.17) is 4.74 Å². The van der Waals surface area contributed by atoms with Crippen LogP contribution in [0.3, 0.4) is 0 Å². The van der Waals surface area contributed by atoms with Crippen molar-refractivity contribution in [3.05, 3.63) is 65.7 Å². The van der Waals surface area contributed by atoms with Gasteiger partial charge in [-0.1, -0.05) is 18.2 Å². The molecule has 3 aromatic rings. The third kappa shape index (κ3) is 4.80. The number of methoxy groups -OCH3 is 1. The van der Waals surface area contributed by atoms with E-state index >= 15 is 0 Å². The Kier molecular flexibility index (Phi) is 6.10. The maximum absolute atomic E-state index is 12.8. The topological polar surface area (TPSA) is 91.8 Å². The average Bonchev–Trinajstić information content (AvgIpc) is 3.27. The first-order chi connectivity index (χ1) is 15.0. The first kappa shape index (κ1) is 21.1. The van der Waals surface area contributed by atoms with Crippen molar-refractivity contribution in [2.75, 3.05) is 42.9 Å². The molecule has 0 saturated carbocycles. The molecule has 162 valence electrons. The summed E-state index contributed by atoms with van der Waals surface area (Å²) in [6.45, 7) is 2.53. The standard InChI is InChI=1S/C21H22N4O4S2/c1-29-17-9-7-16(8-10-17)24-11-13-25(14-12-24)20(26)19-15-30-21(22-19)23-31(27,28)18-5-3-2-4-6-18/h2-10,15H,11-14H2,1H3,(H,22,23). The first-order valence-electron chi connectivity index (χ1n) is 9.68. The fourth-order valence-electron chi connectivity index (χ4n) is 3.32. The molecule has 0 radical (unpaired) electrons. The number of anilines is 2. The molecule has 1 fully saturated rings. The summed E-state index contributed by atoms with van der Waals surface area (Å²) in [5.74, 6) is 0.607. The highest BCUT2D eigenvalue weighted by molar-refractivity contribution is 7.93. The van der Waals surface area contributed by atoms with Crippen LogP contribution in [0.2, 0.25) is 0 Å². The maximum atomic E-state index is 12.8. The number of aromatic nitrogens is 1. The van der Waals surface area contributed by atoms with E-state index in [0.29, 0.717) is 26.2 Å². The predicted molar refractivity (Wildman–Crippen MR) is 120 cm³/mol. The van der Waals surface area contributed by atoms with Gasteiger partial charge in [0.15, 0.2) is 5.13 Å². The van der Waals surface area contributed by atoms with Gasteiger partial charge in [-0.2, -0.15) is 0 Å². The summed E-state index contributed by atoms with van der Waals surface area (Å²) in [7, 11) is -2.10. The lowest BCUT2D eigenvalue weighted by atomic mass is 10.2. The predicted octanol–water partition coefficient (Wildman–Crippen LogP) is 2.91. The molecule has 1 saturated heterocycles. The van der Waals surface area contributed by atoms with Crippen LogP contribution in [0.15, 0.2) is 64.9 Å².